The Balaban J connectivity index is 2.23. The number of methoxy groups -OCH3 is 1. The van der Waals surface area contributed by atoms with Gasteiger partial charge in [0.2, 0.25) is 5.91 Å². The number of ether oxygens (including phenoxy) is 1. The van der Waals surface area contributed by atoms with Crippen LogP contribution in [0.3, 0.4) is 0 Å². The molecule has 20 heavy (non-hydrogen) atoms. The molecule has 0 aliphatic heterocycles. The van der Waals surface area contributed by atoms with Gasteiger partial charge in [-0.15, -0.1) is 5.10 Å². The van der Waals surface area contributed by atoms with E-state index in [2.05, 4.69) is 15.5 Å². The molecule has 0 bridgehead atoms. The van der Waals surface area contributed by atoms with Crippen LogP contribution in [0.5, 0.6) is 5.75 Å². The fourth-order valence-corrected chi connectivity index (χ4v) is 1.49. The standard InChI is InChI=1S/C14H17N3O3/c1-14(2,3)12(18)15-13-17-16-11(20-13)9-7-5-6-8-10(9)19-4/h5-8H,1-4H3,(H,15,17,18). The molecular weight excluding hydrogens is 258 g/mol. The highest BCUT2D eigenvalue weighted by atomic mass is 16.5. The van der Waals surface area contributed by atoms with Crippen LogP contribution in [0, 0.1) is 5.41 Å². The lowest BCUT2D eigenvalue weighted by molar-refractivity contribution is -0.123. The van der Waals surface area contributed by atoms with Gasteiger partial charge >= 0.3 is 6.01 Å². The van der Waals surface area contributed by atoms with Crippen LogP contribution in [0.25, 0.3) is 11.5 Å². The first-order valence-corrected chi connectivity index (χ1v) is 6.20. The van der Waals surface area contributed by atoms with E-state index in [0.29, 0.717) is 17.2 Å². The maximum atomic E-state index is 11.8. The molecule has 1 heterocycles. The Morgan fingerprint density at radius 1 is 1.25 bits per heavy atom. The number of hydrogen-bond acceptors (Lipinski definition) is 5. The lowest BCUT2D eigenvalue weighted by Crippen LogP contribution is -2.27. The van der Waals surface area contributed by atoms with E-state index in [9.17, 15) is 4.79 Å². The summed E-state index contributed by atoms with van der Waals surface area (Å²) in [6.45, 7) is 5.42. The molecule has 2 rings (SSSR count). The Kier molecular flexibility index (Phi) is 3.74. The predicted octanol–water partition coefficient (Wildman–Crippen LogP) is 2.73. The molecule has 1 aromatic heterocycles. The first kappa shape index (κ1) is 14.0. The summed E-state index contributed by atoms with van der Waals surface area (Å²) < 4.78 is 10.7. The van der Waals surface area contributed by atoms with Crippen molar-refractivity contribution in [3.8, 4) is 17.2 Å². The number of benzene rings is 1. The van der Waals surface area contributed by atoms with Gasteiger partial charge < -0.3 is 9.15 Å². The minimum atomic E-state index is -0.529. The normalized spacial score (nSPS) is 11.2. The van der Waals surface area contributed by atoms with Crippen molar-refractivity contribution in [1.82, 2.24) is 10.2 Å². The van der Waals surface area contributed by atoms with Gasteiger partial charge in [0.15, 0.2) is 0 Å². The molecule has 0 saturated carbocycles. The molecule has 106 valence electrons. The van der Waals surface area contributed by atoms with Crippen molar-refractivity contribution in [3.05, 3.63) is 24.3 Å². The van der Waals surface area contributed by atoms with E-state index in [1.54, 1.807) is 33.9 Å². The van der Waals surface area contributed by atoms with E-state index < -0.39 is 5.41 Å². The first-order chi connectivity index (χ1) is 9.41. The van der Waals surface area contributed by atoms with Crippen LogP contribution in [0.1, 0.15) is 20.8 Å². The smallest absolute Gasteiger partial charge is 0.322 e. The van der Waals surface area contributed by atoms with Crippen LogP contribution in [0.4, 0.5) is 6.01 Å². The second-order valence-electron chi connectivity index (χ2n) is 5.32. The number of carbonyl (C=O) groups excluding carboxylic acids is 1. The highest BCUT2D eigenvalue weighted by Gasteiger charge is 2.23. The highest BCUT2D eigenvalue weighted by molar-refractivity contribution is 5.92. The topological polar surface area (TPSA) is 77.3 Å². The third kappa shape index (κ3) is 2.96. The van der Waals surface area contributed by atoms with Gasteiger partial charge in [-0.05, 0) is 12.1 Å². The lowest BCUT2D eigenvalue weighted by atomic mass is 9.96. The Morgan fingerprint density at radius 3 is 2.60 bits per heavy atom. The summed E-state index contributed by atoms with van der Waals surface area (Å²) in [4.78, 5) is 11.8. The van der Waals surface area contributed by atoms with Gasteiger partial charge in [-0.25, -0.2) is 0 Å². The zero-order valence-corrected chi connectivity index (χ0v) is 11.9. The molecule has 0 atom stereocenters. The predicted molar refractivity (Wildman–Crippen MR) is 74.4 cm³/mol. The second-order valence-corrected chi connectivity index (χ2v) is 5.32. The molecule has 1 amide bonds. The van der Waals surface area contributed by atoms with Crippen LogP contribution in [0.15, 0.2) is 28.7 Å². The summed E-state index contributed by atoms with van der Waals surface area (Å²) in [6, 6.07) is 7.37. The van der Waals surface area contributed by atoms with Gasteiger partial charge in [0, 0.05) is 5.41 Å². The van der Waals surface area contributed by atoms with Crippen LogP contribution in [0.2, 0.25) is 0 Å². The summed E-state index contributed by atoms with van der Waals surface area (Å²) in [7, 11) is 1.57. The number of rotatable bonds is 3. The van der Waals surface area contributed by atoms with Gasteiger partial charge in [0.1, 0.15) is 5.75 Å². The second kappa shape index (κ2) is 5.32. The highest BCUT2D eigenvalue weighted by Crippen LogP contribution is 2.29. The Morgan fingerprint density at radius 2 is 1.95 bits per heavy atom. The minimum Gasteiger partial charge on any atom is -0.496 e. The molecule has 0 aliphatic rings. The summed E-state index contributed by atoms with van der Waals surface area (Å²) >= 11 is 0. The molecule has 0 aliphatic carbocycles. The number of aromatic nitrogens is 2. The molecule has 0 radical (unpaired) electrons. The van der Waals surface area contributed by atoms with Crippen LogP contribution < -0.4 is 10.1 Å². The number of nitrogens with one attached hydrogen (secondary N) is 1. The lowest BCUT2D eigenvalue weighted by Gasteiger charge is -2.15. The van der Waals surface area contributed by atoms with Crippen molar-refractivity contribution >= 4 is 11.9 Å². The van der Waals surface area contributed by atoms with Crippen molar-refractivity contribution < 1.29 is 13.9 Å². The SMILES string of the molecule is COc1ccccc1-c1nnc(NC(=O)C(C)(C)C)o1. The monoisotopic (exact) mass is 275 g/mol. The van der Waals surface area contributed by atoms with Crippen molar-refractivity contribution in [2.45, 2.75) is 20.8 Å². The van der Waals surface area contributed by atoms with E-state index >= 15 is 0 Å². The van der Waals surface area contributed by atoms with Gasteiger partial charge in [-0.1, -0.05) is 38.0 Å². The van der Waals surface area contributed by atoms with Crippen LogP contribution in [-0.4, -0.2) is 23.2 Å². The zero-order chi connectivity index (χ0) is 14.8. The first-order valence-electron chi connectivity index (χ1n) is 6.20. The number of nitrogens with zero attached hydrogens (tertiary/aromatic N) is 2. The number of anilines is 1. The van der Waals surface area contributed by atoms with E-state index in [1.165, 1.54) is 0 Å². The Hall–Kier alpha value is -2.37. The third-order valence-corrected chi connectivity index (χ3v) is 2.66. The molecular formula is C14H17N3O3. The average Bonchev–Trinajstić information content (AvgIpc) is 2.86. The maximum Gasteiger partial charge on any atom is 0.322 e. The molecule has 0 saturated heterocycles. The molecule has 6 heteroatoms. The molecule has 1 aromatic carbocycles. The Bertz CT molecular complexity index is 614. The summed E-state index contributed by atoms with van der Waals surface area (Å²) in [6.07, 6.45) is 0. The van der Waals surface area contributed by atoms with Crippen molar-refractivity contribution in [2.24, 2.45) is 5.41 Å². The number of hydrogen-bond donors (Lipinski definition) is 1. The van der Waals surface area contributed by atoms with Crippen LogP contribution >= 0.6 is 0 Å². The number of para-hydroxylation sites is 1. The molecule has 0 fully saturated rings. The summed E-state index contributed by atoms with van der Waals surface area (Å²) in [5.41, 5.74) is 0.151. The molecule has 1 N–H and O–H groups in total. The van der Waals surface area contributed by atoms with E-state index in [4.69, 9.17) is 9.15 Å². The van der Waals surface area contributed by atoms with Gasteiger partial charge in [0.25, 0.3) is 5.89 Å². The van der Waals surface area contributed by atoms with Crippen molar-refractivity contribution in [2.75, 3.05) is 12.4 Å². The van der Waals surface area contributed by atoms with Gasteiger partial charge in [0.05, 0.1) is 12.7 Å². The minimum absolute atomic E-state index is 0.0748. The third-order valence-electron chi connectivity index (χ3n) is 2.66. The maximum absolute atomic E-state index is 11.8. The number of carbonyl (C=O) groups is 1. The van der Waals surface area contributed by atoms with E-state index in [0.717, 1.165) is 0 Å². The molecule has 0 spiro atoms. The van der Waals surface area contributed by atoms with E-state index in [1.807, 2.05) is 18.2 Å². The van der Waals surface area contributed by atoms with Crippen LogP contribution in [-0.2, 0) is 4.79 Å². The fraction of sp³-hybridized carbons (Fsp3) is 0.357. The van der Waals surface area contributed by atoms with Gasteiger partial charge in [-0.3, -0.25) is 10.1 Å². The average molecular weight is 275 g/mol. The zero-order valence-electron chi connectivity index (χ0n) is 11.9. The Labute approximate surface area is 117 Å². The largest absolute Gasteiger partial charge is 0.496 e. The summed E-state index contributed by atoms with van der Waals surface area (Å²) in [5, 5.41) is 10.3. The molecule has 0 unspecified atom stereocenters. The van der Waals surface area contributed by atoms with E-state index in [-0.39, 0.29) is 11.9 Å². The number of amides is 1. The summed E-state index contributed by atoms with van der Waals surface area (Å²) in [5.74, 6) is 0.740. The van der Waals surface area contributed by atoms with Crippen molar-refractivity contribution in [1.29, 1.82) is 0 Å². The fourth-order valence-electron chi connectivity index (χ4n) is 1.49. The van der Waals surface area contributed by atoms with Gasteiger partial charge in [-0.2, -0.15) is 0 Å². The quantitative estimate of drug-likeness (QED) is 0.931. The molecule has 6 nitrogen and oxygen atoms in total. The van der Waals surface area contributed by atoms with Crippen molar-refractivity contribution in [3.63, 3.8) is 0 Å². The molecule has 2 aromatic rings.